The van der Waals surface area contributed by atoms with E-state index in [2.05, 4.69) is 25.6 Å². The van der Waals surface area contributed by atoms with Crippen molar-refractivity contribution in [1.82, 2.24) is 25.0 Å². The standard InChI is InChI=1S/C24H22ClN7O3S/c1-36(33,34)17-6-4-16(5-7-17)35-20-14-15(22-19(25)3-2-10-27-22)13-18-23(20)29-30-24(18)28-21-8-11-32(31-21)12-9-26/h2-8,10-11,13-14H,9,12,26H2,1H3,(H2,28,29,30,31). The van der Waals surface area contributed by atoms with E-state index in [-0.39, 0.29) is 4.90 Å². The number of hydrogen-bond donors (Lipinski definition) is 3. The van der Waals surface area contributed by atoms with Gasteiger partial charge in [-0.05, 0) is 48.5 Å². The number of anilines is 2. The zero-order valence-electron chi connectivity index (χ0n) is 19.1. The third-order valence-electron chi connectivity index (χ3n) is 5.39. The predicted octanol–water partition coefficient (Wildman–Crippen LogP) is 4.37. The molecule has 0 spiro atoms. The number of fused-ring (bicyclic) bond motifs is 1. The number of hydrogen-bond acceptors (Lipinski definition) is 8. The molecule has 5 aromatic rings. The molecule has 5 rings (SSSR count). The Morgan fingerprint density at radius 1 is 1.17 bits per heavy atom. The Kier molecular flexibility index (Phi) is 6.35. The first-order valence-electron chi connectivity index (χ1n) is 10.9. The molecular formula is C24H22ClN7O3S. The summed E-state index contributed by atoms with van der Waals surface area (Å²) in [5, 5.41) is 16.3. The summed E-state index contributed by atoms with van der Waals surface area (Å²) in [7, 11) is -3.32. The molecule has 0 fully saturated rings. The lowest BCUT2D eigenvalue weighted by molar-refractivity contribution is 0.486. The number of H-pyrrole nitrogens is 1. The number of nitrogens with two attached hydrogens (primary N) is 1. The summed E-state index contributed by atoms with van der Waals surface area (Å²) in [5.41, 5.74) is 7.54. The molecule has 0 bridgehead atoms. The number of ether oxygens (including phenoxy) is 1. The smallest absolute Gasteiger partial charge is 0.175 e. The van der Waals surface area contributed by atoms with Crippen LogP contribution in [0.4, 0.5) is 11.6 Å². The average Bonchev–Trinajstić information content (AvgIpc) is 3.47. The highest BCUT2D eigenvalue weighted by Crippen LogP contribution is 2.38. The molecule has 10 nitrogen and oxygen atoms in total. The van der Waals surface area contributed by atoms with Gasteiger partial charge in [0, 0.05) is 42.2 Å². The Bertz CT molecular complexity index is 1650. The van der Waals surface area contributed by atoms with Gasteiger partial charge in [0.2, 0.25) is 0 Å². The average molecular weight is 524 g/mol. The van der Waals surface area contributed by atoms with Gasteiger partial charge in [-0.3, -0.25) is 14.8 Å². The maximum Gasteiger partial charge on any atom is 0.175 e. The largest absolute Gasteiger partial charge is 0.455 e. The summed E-state index contributed by atoms with van der Waals surface area (Å²) in [4.78, 5) is 4.64. The fraction of sp³-hybridized carbons (Fsp3) is 0.125. The van der Waals surface area contributed by atoms with E-state index in [1.54, 1.807) is 41.2 Å². The van der Waals surface area contributed by atoms with Gasteiger partial charge in [-0.1, -0.05) is 11.6 Å². The van der Waals surface area contributed by atoms with Crippen molar-refractivity contribution >= 4 is 44.0 Å². The second-order valence-corrected chi connectivity index (χ2v) is 10.4. The summed E-state index contributed by atoms with van der Waals surface area (Å²) in [6.45, 7) is 1.08. The molecule has 0 radical (unpaired) electrons. The number of nitrogens with one attached hydrogen (secondary N) is 2. The minimum absolute atomic E-state index is 0.205. The van der Waals surface area contributed by atoms with Crippen molar-refractivity contribution in [2.45, 2.75) is 11.4 Å². The summed E-state index contributed by atoms with van der Waals surface area (Å²) in [5.74, 6) is 2.06. The maximum atomic E-state index is 11.8. The molecule has 3 aromatic heterocycles. The minimum Gasteiger partial charge on any atom is -0.455 e. The second kappa shape index (κ2) is 9.61. The van der Waals surface area contributed by atoms with E-state index in [0.717, 1.165) is 11.6 Å². The van der Waals surface area contributed by atoms with Crippen molar-refractivity contribution in [2.75, 3.05) is 18.1 Å². The number of rotatable bonds is 8. The van der Waals surface area contributed by atoms with Gasteiger partial charge in [0.15, 0.2) is 27.2 Å². The van der Waals surface area contributed by atoms with E-state index in [1.165, 1.54) is 12.1 Å². The SMILES string of the molecule is CS(=O)(=O)c1ccc(Oc2cc(-c3ncccc3Cl)cc3c(Nc4ccn(CCN)n4)n[nH]c23)cc1. The Labute approximate surface area is 212 Å². The molecule has 0 aliphatic rings. The number of halogens is 1. The zero-order chi connectivity index (χ0) is 25.3. The van der Waals surface area contributed by atoms with Crippen LogP contribution in [0.2, 0.25) is 5.02 Å². The summed E-state index contributed by atoms with van der Waals surface area (Å²) in [6, 6.07) is 15.3. The first-order valence-corrected chi connectivity index (χ1v) is 13.2. The lowest BCUT2D eigenvalue weighted by Gasteiger charge is -2.11. The van der Waals surface area contributed by atoms with Crippen LogP contribution in [0, 0.1) is 0 Å². The van der Waals surface area contributed by atoms with Crippen molar-refractivity contribution in [3.05, 3.63) is 72.0 Å². The van der Waals surface area contributed by atoms with Crippen molar-refractivity contribution in [2.24, 2.45) is 5.73 Å². The van der Waals surface area contributed by atoms with Gasteiger partial charge in [-0.2, -0.15) is 10.2 Å². The van der Waals surface area contributed by atoms with Gasteiger partial charge in [0.05, 0.1) is 22.2 Å². The Morgan fingerprint density at radius 2 is 1.97 bits per heavy atom. The molecule has 0 unspecified atom stereocenters. The van der Waals surface area contributed by atoms with Crippen LogP contribution in [-0.4, -0.2) is 46.2 Å². The van der Waals surface area contributed by atoms with Gasteiger partial charge >= 0.3 is 0 Å². The van der Waals surface area contributed by atoms with Crippen molar-refractivity contribution in [3.63, 3.8) is 0 Å². The summed E-state index contributed by atoms with van der Waals surface area (Å²) < 4.78 is 31.5. The normalized spacial score (nSPS) is 11.6. The van der Waals surface area contributed by atoms with Crippen LogP contribution < -0.4 is 15.8 Å². The van der Waals surface area contributed by atoms with E-state index < -0.39 is 9.84 Å². The van der Waals surface area contributed by atoms with Crippen LogP contribution in [0.1, 0.15) is 0 Å². The van der Waals surface area contributed by atoms with E-state index in [4.69, 9.17) is 22.1 Å². The van der Waals surface area contributed by atoms with E-state index in [1.807, 2.05) is 18.3 Å². The number of benzene rings is 2. The Hall–Kier alpha value is -3.93. The van der Waals surface area contributed by atoms with Crippen LogP contribution in [0.15, 0.2) is 71.9 Å². The van der Waals surface area contributed by atoms with E-state index >= 15 is 0 Å². The van der Waals surface area contributed by atoms with E-state index in [0.29, 0.717) is 58.0 Å². The number of aromatic nitrogens is 5. The molecule has 0 aliphatic carbocycles. The third-order valence-corrected chi connectivity index (χ3v) is 6.83. The highest BCUT2D eigenvalue weighted by Gasteiger charge is 2.17. The van der Waals surface area contributed by atoms with Gasteiger partial charge in [0.25, 0.3) is 0 Å². The van der Waals surface area contributed by atoms with Crippen molar-refractivity contribution in [1.29, 1.82) is 0 Å². The topological polar surface area (TPSA) is 141 Å². The monoisotopic (exact) mass is 523 g/mol. The highest BCUT2D eigenvalue weighted by atomic mass is 35.5. The molecule has 3 heterocycles. The van der Waals surface area contributed by atoms with Crippen LogP contribution in [0.5, 0.6) is 11.5 Å². The first kappa shape index (κ1) is 23.8. The fourth-order valence-corrected chi connectivity index (χ4v) is 4.55. The minimum atomic E-state index is -3.32. The molecule has 2 aromatic carbocycles. The number of aromatic amines is 1. The maximum absolute atomic E-state index is 11.8. The Balaban J connectivity index is 1.58. The van der Waals surface area contributed by atoms with Crippen LogP contribution >= 0.6 is 11.6 Å². The predicted molar refractivity (Wildman–Crippen MR) is 139 cm³/mol. The lowest BCUT2D eigenvalue weighted by atomic mass is 10.1. The Morgan fingerprint density at radius 3 is 2.69 bits per heavy atom. The second-order valence-electron chi connectivity index (χ2n) is 8.03. The quantitative estimate of drug-likeness (QED) is 0.272. The zero-order valence-corrected chi connectivity index (χ0v) is 20.7. The molecule has 0 saturated carbocycles. The lowest BCUT2D eigenvalue weighted by Crippen LogP contribution is -2.10. The molecular weight excluding hydrogens is 502 g/mol. The van der Waals surface area contributed by atoms with Gasteiger partial charge in [0.1, 0.15) is 11.3 Å². The van der Waals surface area contributed by atoms with E-state index in [9.17, 15) is 8.42 Å². The molecule has 0 aliphatic heterocycles. The summed E-state index contributed by atoms with van der Waals surface area (Å²) in [6.07, 6.45) is 4.65. The van der Waals surface area contributed by atoms with Crippen LogP contribution in [0.3, 0.4) is 0 Å². The van der Waals surface area contributed by atoms with Crippen molar-refractivity contribution < 1.29 is 13.2 Å². The van der Waals surface area contributed by atoms with Crippen molar-refractivity contribution in [3.8, 4) is 22.8 Å². The molecule has 12 heteroatoms. The molecule has 184 valence electrons. The molecule has 4 N–H and O–H groups in total. The molecule has 0 atom stereocenters. The van der Waals surface area contributed by atoms with Crippen LogP contribution in [-0.2, 0) is 16.4 Å². The van der Waals surface area contributed by atoms with Gasteiger partial charge < -0.3 is 15.8 Å². The molecule has 36 heavy (non-hydrogen) atoms. The third kappa shape index (κ3) is 4.89. The van der Waals surface area contributed by atoms with Gasteiger partial charge in [-0.25, -0.2) is 8.42 Å². The fourth-order valence-electron chi connectivity index (χ4n) is 3.69. The number of pyridine rings is 1. The number of nitrogens with zero attached hydrogens (tertiary/aromatic N) is 4. The number of sulfone groups is 1. The molecule has 0 amide bonds. The van der Waals surface area contributed by atoms with Gasteiger partial charge in [-0.15, -0.1) is 0 Å². The molecule has 0 saturated heterocycles. The first-order chi connectivity index (χ1) is 17.3. The highest BCUT2D eigenvalue weighted by molar-refractivity contribution is 7.90. The summed E-state index contributed by atoms with van der Waals surface area (Å²) >= 11 is 6.44. The van der Waals surface area contributed by atoms with Crippen LogP contribution in [0.25, 0.3) is 22.2 Å².